The summed E-state index contributed by atoms with van der Waals surface area (Å²) in [7, 11) is -2.12. The van der Waals surface area contributed by atoms with Gasteiger partial charge in [-0.05, 0) is 31.9 Å². The molecule has 0 amide bonds. The number of hydrogen-bond acceptors (Lipinski definition) is 3. The molecule has 1 atom stereocenters. The van der Waals surface area contributed by atoms with Gasteiger partial charge in [-0.1, -0.05) is 35.4 Å². The first-order valence-electron chi connectivity index (χ1n) is 6.48. The Morgan fingerprint density at radius 1 is 1.33 bits per heavy atom. The topological polar surface area (TPSA) is 64.0 Å². The number of rotatable bonds is 4. The van der Waals surface area contributed by atoms with Gasteiger partial charge in [0.05, 0.1) is 6.33 Å². The lowest BCUT2D eigenvalue weighted by Crippen LogP contribution is -2.28. The summed E-state index contributed by atoms with van der Waals surface area (Å²) in [6, 6.07) is 5.54. The van der Waals surface area contributed by atoms with E-state index in [1.54, 1.807) is 14.0 Å². The average molecular weight is 328 g/mol. The van der Waals surface area contributed by atoms with Crippen molar-refractivity contribution in [1.82, 2.24) is 14.3 Å². The maximum atomic E-state index is 12.4. The Balaban J connectivity index is 2.30. The molecule has 1 heterocycles. The van der Waals surface area contributed by atoms with Crippen molar-refractivity contribution in [3.63, 3.8) is 0 Å². The molecule has 0 spiro atoms. The van der Waals surface area contributed by atoms with Crippen LogP contribution in [0.2, 0.25) is 5.15 Å². The minimum absolute atomic E-state index is 0.0929. The van der Waals surface area contributed by atoms with Crippen LogP contribution in [0.5, 0.6) is 0 Å². The number of nitrogens with zero attached hydrogens (tertiary/aromatic N) is 2. The highest BCUT2D eigenvalue weighted by atomic mass is 35.5. The van der Waals surface area contributed by atoms with Gasteiger partial charge in [0.1, 0.15) is 5.15 Å². The molecule has 7 heteroatoms. The minimum Gasteiger partial charge on any atom is -0.324 e. The molecule has 1 aromatic heterocycles. The maximum absolute atomic E-state index is 12.4. The Morgan fingerprint density at radius 3 is 2.52 bits per heavy atom. The van der Waals surface area contributed by atoms with Crippen molar-refractivity contribution in [2.24, 2.45) is 7.05 Å². The molecule has 5 nitrogen and oxygen atoms in total. The number of sulfonamides is 1. The number of hydrogen-bond donors (Lipinski definition) is 1. The predicted molar refractivity (Wildman–Crippen MR) is 82.9 cm³/mol. The van der Waals surface area contributed by atoms with Crippen LogP contribution >= 0.6 is 11.6 Å². The summed E-state index contributed by atoms with van der Waals surface area (Å²) in [5, 5.41) is -0.0568. The van der Waals surface area contributed by atoms with Crippen LogP contribution in [0.1, 0.15) is 29.7 Å². The highest BCUT2D eigenvalue weighted by Crippen LogP contribution is 2.23. The molecule has 0 saturated heterocycles. The highest BCUT2D eigenvalue weighted by Gasteiger charge is 2.25. The van der Waals surface area contributed by atoms with Gasteiger partial charge in [0.25, 0.3) is 10.0 Å². The van der Waals surface area contributed by atoms with Crippen LogP contribution in [0.4, 0.5) is 0 Å². The zero-order valence-electron chi connectivity index (χ0n) is 12.4. The third-order valence-corrected chi connectivity index (χ3v) is 5.34. The van der Waals surface area contributed by atoms with Gasteiger partial charge in [-0.25, -0.2) is 18.1 Å². The molecule has 2 rings (SSSR count). The molecule has 0 aliphatic rings. The monoisotopic (exact) mass is 327 g/mol. The number of imidazole rings is 1. The van der Waals surface area contributed by atoms with Gasteiger partial charge >= 0.3 is 0 Å². The van der Waals surface area contributed by atoms with Gasteiger partial charge in [-0.2, -0.15) is 0 Å². The van der Waals surface area contributed by atoms with Gasteiger partial charge < -0.3 is 4.57 Å². The summed E-state index contributed by atoms with van der Waals surface area (Å²) in [6.07, 6.45) is 1.37. The first-order chi connectivity index (χ1) is 9.72. The minimum atomic E-state index is -3.76. The highest BCUT2D eigenvalue weighted by molar-refractivity contribution is 7.89. The molecular weight excluding hydrogens is 310 g/mol. The summed E-state index contributed by atoms with van der Waals surface area (Å²) < 4.78 is 28.8. The smallest absolute Gasteiger partial charge is 0.261 e. The summed E-state index contributed by atoms with van der Waals surface area (Å²) in [5.74, 6) is 0. The van der Waals surface area contributed by atoms with Gasteiger partial charge in [0.15, 0.2) is 0 Å². The van der Waals surface area contributed by atoms with E-state index in [1.165, 1.54) is 10.9 Å². The van der Waals surface area contributed by atoms with Crippen LogP contribution < -0.4 is 4.72 Å². The first kappa shape index (κ1) is 16.0. The molecule has 1 N–H and O–H groups in total. The lowest BCUT2D eigenvalue weighted by Gasteiger charge is -2.16. The van der Waals surface area contributed by atoms with E-state index in [-0.39, 0.29) is 16.2 Å². The summed E-state index contributed by atoms with van der Waals surface area (Å²) >= 11 is 5.96. The van der Waals surface area contributed by atoms with E-state index in [2.05, 4.69) is 9.71 Å². The number of benzene rings is 1. The third-order valence-electron chi connectivity index (χ3n) is 3.31. The molecule has 114 valence electrons. The second-order valence-corrected chi connectivity index (χ2v) is 7.14. The number of nitrogens with one attached hydrogen (secondary N) is 1. The molecule has 0 saturated carbocycles. The van der Waals surface area contributed by atoms with E-state index in [9.17, 15) is 8.42 Å². The van der Waals surface area contributed by atoms with Crippen LogP contribution in [0.25, 0.3) is 0 Å². The van der Waals surface area contributed by atoms with E-state index < -0.39 is 10.0 Å². The molecule has 1 unspecified atom stereocenters. The Hall–Kier alpha value is -1.37. The van der Waals surface area contributed by atoms with Crippen molar-refractivity contribution in [2.45, 2.75) is 31.8 Å². The van der Waals surface area contributed by atoms with Crippen LogP contribution in [0, 0.1) is 13.8 Å². The SMILES string of the molecule is Cc1ccc(C(C)NS(=O)(=O)c2ncn(C)c2Cl)c(C)c1. The van der Waals surface area contributed by atoms with Gasteiger partial charge in [0, 0.05) is 13.1 Å². The van der Waals surface area contributed by atoms with Gasteiger partial charge in [-0.3, -0.25) is 0 Å². The average Bonchev–Trinajstić information content (AvgIpc) is 2.69. The molecular formula is C14H18ClN3O2S. The fourth-order valence-electron chi connectivity index (χ4n) is 2.24. The largest absolute Gasteiger partial charge is 0.324 e. The van der Waals surface area contributed by atoms with Crippen molar-refractivity contribution in [2.75, 3.05) is 0 Å². The van der Waals surface area contributed by atoms with E-state index in [1.807, 2.05) is 32.0 Å². The normalized spacial score (nSPS) is 13.4. The standard InChI is InChI=1S/C14H18ClN3O2S/c1-9-5-6-12(10(2)7-9)11(3)17-21(19,20)14-13(15)18(4)8-16-14/h5-8,11,17H,1-4H3. The fourth-order valence-corrected chi connectivity index (χ4v) is 3.89. The number of halogens is 1. The quantitative estimate of drug-likeness (QED) is 0.939. The zero-order chi connectivity index (χ0) is 15.8. The Labute approximate surface area is 130 Å². The summed E-state index contributed by atoms with van der Waals surface area (Å²) in [4.78, 5) is 3.85. The Bertz CT molecular complexity index is 769. The van der Waals surface area contributed by atoms with E-state index in [0.29, 0.717) is 0 Å². The van der Waals surface area contributed by atoms with E-state index in [4.69, 9.17) is 11.6 Å². The van der Waals surface area contributed by atoms with Crippen molar-refractivity contribution in [3.05, 3.63) is 46.4 Å². The number of aryl methyl sites for hydroxylation is 3. The summed E-state index contributed by atoms with van der Waals surface area (Å²) in [6.45, 7) is 5.76. The maximum Gasteiger partial charge on any atom is 0.261 e. The molecule has 0 aliphatic carbocycles. The molecule has 0 bridgehead atoms. The Morgan fingerprint density at radius 2 is 2.00 bits per heavy atom. The van der Waals surface area contributed by atoms with Crippen molar-refractivity contribution in [1.29, 1.82) is 0 Å². The molecule has 21 heavy (non-hydrogen) atoms. The Kier molecular flexibility index (Phi) is 4.41. The molecule has 1 aromatic carbocycles. The van der Waals surface area contributed by atoms with Crippen LogP contribution in [-0.4, -0.2) is 18.0 Å². The number of aromatic nitrogens is 2. The lowest BCUT2D eigenvalue weighted by molar-refractivity contribution is 0.563. The lowest BCUT2D eigenvalue weighted by atomic mass is 10.0. The van der Waals surface area contributed by atoms with Crippen LogP contribution in [0.15, 0.2) is 29.6 Å². The second-order valence-electron chi connectivity index (χ2n) is 5.15. The molecule has 0 fully saturated rings. The third kappa shape index (κ3) is 3.28. The van der Waals surface area contributed by atoms with Crippen LogP contribution in [0.3, 0.4) is 0 Å². The van der Waals surface area contributed by atoms with Crippen molar-refractivity contribution >= 4 is 21.6 Å². The molecule has 0 radical (unpaired) electrons. The molecule has 0 aliphatic heterocycles. The van der Waals surface area contributed by atoms with Crippen molar-refractivity contribution in [3.8, 4) is 0 Å². The summed E-state index contributed by atoms with van der Waals surface area (Å²) in [5.41, 5.74) is 3.10. The molecule has 2 aromatic rings. The van der Waals surface area contributed by atoms with Gasteiger partial charge in [0.2, 0.25) is 5.03 Å². The fraction of sp³-hybridized carbons (Fsp3) is 0.357. The predicted octanol–water partition coefficient (Wildman–Crippen LogP) is 2.73. The van der Waals surface area contributed by atoms with Crippen molar-refractivity contribution < 1.29 is 8.42 Å². The van der Waals surface area contributed by atoms with Crippen LogP contribution in [-0.2, 0) is 17.1 Å². The first-order valence-corrected chi connectivity index (χ1v) is 8.35. The second kappa shape index (κ2) is 5.79. The zero-order valence-corrected chi connectivity index (χ0v) is 14.0. The van der Waals surface area contributed by atoms with E-state index >= 15 is 0 Å². The van der Waals surface area contributed by atoms with Gasteiger partial charge in [-0.15, -0.1) is 0 Å². The van der Waals surface area contributed by atoms with E-state index in [0.717, 1.165) is 16.7 Å².